The molecule has 3 rings (SSSR count). The molecule has 1 aromatic heterocycles. The number of hydrogen-bond donors (Lipinski definition) is 1. The molecular formula is C19H19ClN2O5. The third-order valence-electron chi connectivity index (χ3n) is 4.10. The summed E-state index contributed by atoms with van der Waals surface area (Å²) in [5.41, 5.74) is 1.46. The molecule has 0 amide bonds. The van der Waals surface area contributed by atoms with Crippen LogP contribution in [0.15, 0.2) is 41.3 Å². The van der Waals surface area contributed by atoms with Crippen LogP contribution >= 0.6 is 11.6 Å². The Morgan fingerprint density at radius 1 is 0.889 bits per heavy atom. The van der Waals surface area contributed by atoms with Gasteiger partial charge in [0.05, 0.1) is 39.8 Å². The van der Waals surface area contributed by atoms with Gasteiger partial charge in [-0.2, -0.15) is 0 Å². The fraction of sp³-hybridized carbons (Fsp3) is 0.211. The van der Waals surface area contributed by atoms with Crippen molar-refractivity contribution in [2.24, 2.45) is 0 Å². The molecule has 0 spiro atoms. The van der Waals surface area contributed by atoms with Crippen LogP contribution in [-0.2, 0) is 0 Å². The molecule has 0 bridgehead atoms. The quantitative estimate of drug-likeness (QED) is 0.697. The molecule has 2 aromatic carbocycles. The van der Waals surface area contributed by atoms with Gasteiger partial charge >= 0.3 is 5.69 Å². The van der Waals surface area contributed by atoms with Crippen molar-refractivity contribution in [3.05, 3.63) is 52.0 Å². The summed E-state index contributed by atoms with van der Waals surface area (Å²) >= 11 is 6.10. The molecule has 7 nitrogen and oxygen atoms in total. The van der Waals surface area contributed by atoms with E-state index in [0.29, 0.717) is 45.0 Å². The maximum absolute atomic E-state index is 12.6. The summed E-state index contributed by atoms with van der Waals surface area (Å²) < 4.78 is 22.8. The molecule has 0 aliphatic heterocycles. The van der Waals surface area contributed by atoms with E-state index < -0.39 is 0 Å². The van der Waals surface area contributed by atoms with Crippen LogP contribution in [0.5, 0.6) is 23.0 Å². The van der Waals surface area contributed by atoms with Crippen LogP contribution in [0.4, 0.5) is 0 Å². The first-order valence-corrected chi connectivity index (χ1v) is 8.36. The molecule has 1 heterocycles. The number of hydrogen-bond acceptors (Lipinski definition) is 5. The molecule has 0 atom stereocenters. The van der Waals surface area contributed by atoms with Gasteiger partial charge in [0.2, 0.25) is 5.75 Å². The Hall–Kier alpha value is -3.06. The predicted molar refractivity (Wildman–Crippen MR) is 103 cm³/mol. The van der Waals surface area contributed by atoms with E-state index in [1.54, 1.807) is 43.6 Å². The Labute approximate surface area is 161 Å². The Kier molecular flexibility index (Phi) is 5.32. The number of halogens is 1. The number of aromatic nitrogens is 2. The Bertz CT molecular complexity index is 1000. The highest BCUT2D eigenvalue weighted by Gasteiger charge is 2.17. The fourth-order valence-electron chi connectivity index (χ4n) is 2.82. The zero-order chi connectivity index (χ0) is 19.6. The van der Waals surface area contributed by atoms with Gasteiger partial charge in [0.15, 0.2) is 11.5 Å². The monoisotopic (exact) mass is 390 g/mol. The summed E-state index contributed by atoms with van der Waals surface area (Å²) in [5.74, 6) is 1.94. The van der Waals surface area contributed by atoms with Gasteiger partial charge in [0, 0.05) is 28.9 Å². The van der Waals surface area contributed by atoms with Crippen molar-refractivity contribution in [2.45, 2.75) is 0 Å². The van der Waals surface area contributed by atoms with Crippen LogP contribution in [0.1, 0.15) is 0 Å². The molecule has 0 unspecified atom stereocenters. The molecule has 0 fully saturated rings. The van der Waals surface area contributed by atoms with Gasteiger partial charge in [-0.15, -0.1) is 0 Å². The summed E-state index contributed by atoms with van der Waals surface area (Å²) in [6, 6.07) is 8.57. The van der Waals surface area contributed by atoms with Crippen LogP contribution in [-0.4, -0.2) is 38.0 Å². The summed E-state index contributed by atoms with van der Waals surface area (Å²) in [7, 11) is 6.11. The summed E-state index contributed by atoms with van der Waals surface area (Å²) in [6.45, 7) is 0. The second kappa shape index (κ2) is 7.67. The lowest BCUT2D eigenvalue weighted by Gasteiger charge is -2.14. The predicted octanol–water partition coefficient (Wildman–Crippen LogP) is 3.52. The first-order chi connectivity index (χ1) is 13.0. The van der Waals surface area contributed by atoms with Crippen molar-refractivity contribution in [3.8, 4) is 39.9 Å². The van der Waals surface area contributed by atoms with Gasteiger partial charge in [-0.25, -0.2) is 4.79 Å². The molecule has 0 radical (unpaired) electrons. The van der Waals surface area contributed by atoms with E-state index in [1.165, 1.54) is 25.9 Å². The molecule has 0 saturated heterocycles. The number of H-pyrrole nitrogens is 1. The largest absolute Gasteiger partial charge is 0.496 e. The second-order valence-corrected chi connectivity index (χ2v) is 6.01. The molecule has 0 aliphatic rings. The van der Waals surface area contributed by atoms with Gasteiger partial charge < -0.3 is 23.9 Å². The van der Waals surface area contributed by atoms with Gasteiger partial charge in [-0.05, 0) is 18.2 Å². The number of rotatable bonds is 6. The van der Waals surface area contributed by atoms with Gasteiger partial charge in [0.1, 0.15) is 5.75 Å². The first-order valence-electron chi connectivity index (χ1n) is 7.98. The summed E-state index contributed by atoms with van der Waals surface area (Å²) in [4.78, 5) is 15.4. The molecule has 142 valence electrons. The van der Waals surface area contributed by atoms with E-state index in [1.807, 2.05) is 0 Å². The number of nitrogens with one attached hydrogen (secondary N) is 1. The van der Waals surface area contributed by atoms with Crippen molar-refractivity contribution >= 4 is 11.6 Å². The molecule has 1 N–H and O–H groups in total. The van der Waals surface area contributed by atoms with E-state index >= 15 is 0 Å². The SMILES string of the molecule is COc1ccc(Cl)cc1-c1cn(-c2cc(OC)c(OC)c(OC)c2)c(=O)[nH]1. The van der Waals surface area contributed by atoms with Crippen molar-refractivity contribution in [1.29, 1.82) is 0 Å². The molecule has 0 aliphatic carbocycles. The van der Waals surface area contributed by atoms with E-state index in [0.717, 1.165) is 0 Å². The van der Waals surface area contributed by atoms with Gasteiger partial charge in [-0.3, -0.25) is 4.57 Å². The maximum Gasteiger partial charge on any atom is 0.330 e. The van der Waals surface area contributed by atoms with Crippen molar-refractivity contribution in [1.82, 2.24) is 9.55 Å². The average Bonchev–Trinajstić information content (AvgIpc) is 3.08. The topological polar surface area (TPSA) is 74.7 Å². The number of imidazole rings is 1. The third-order valence-corrected chi connectivity index (χ3v) is 4.33. The van der Waals surface area contributed by atoms with E-state index in [9.17, 15) is 4.79 Å². The van der Waals surface area contributed by atoms with Crippen LogP contribution < -0.4 is 24.6 Å². The summed E-state index contributed by atoms with van der Waals surface area (Å²) in [6.07, 6.45) is 1.66. The fourth-order valence-corrected chi connectivity index (χ4v) is 2.99. The molecule has 3 aromatic rings. The van der Waals surface area contributed by atoms with Crippen LogP contribution in [0.3, 0.4) is 0 Å². The minimum Gasteiger partial charge on any atom is -0.496 e. The second-order valence-electron chi connectivity index (χ2n) is 5.57. The molecule has 0 saturated carbocycles. The van der Waals surface area contributed by atoms with Gasteiger partial charge in [-0.1, -0.05) is 11.6 Å². The molecule has 27 heavy (non-hydrogen) atoms. The van der Waals surface area contributed by atoms with E-state index in [2.05, 4.69) is 4.98 Å². The van der Waals surface area contributed by atoms with Crippen molar-refractivity contribution < 1.29 is 18.9 Å². The normalized spacial score (nSPS) is 10.6. The number of methoxy groups -OCH3 is 4. The zero-order valence-corrected chi connectivity index (χ0v) is 16.1. The van der Waals surface area contributed by atoms with E-state index in [4.69, 9.17) is 30.5 Å². The van der Waals surface area contributed by atoms with Crippen molar-refractivity contribution in [2.75, 3.05) is 28.4 Å². The van der Waals surface area contributed by atoms with Crippen molar-refractivity contribution in [3.63, 3.8) is 0 Å². The number of nitrogens with zero attached hydrogens (tertiary/aromatic N) is 1. The molecular weight excluding hydrogens is 372 g/mol. The van der Waals surface area contributed by atoms with Crippen LogP contribution in [0.25, 0.3) is 16.9 Å². The standard InChI is InChI=1S/C19H19ClN2O5/c1-24-15-6-5-11(20)7-13(15)14-10-22(19(23)21-14)12-8-16(25-2)18(27-4)17(9-12)26-3/h5-10H,1-4H3,(H,21,23). The van der Waals surface area contributed by atoms with Crippen LogP contribution in [0.2, 0.25) is 5.02 Å². The minimum absolute atomic E-state index is 0.332. The zero-order valence-electron chi connectivity index (χ0n) is 15.3. The molecule has 8 heteroatoms. The Balaban J connectivity index is 2.16. The number of ether oxygens (including phenoxy) is 4. The number of aromatic amines is 1. The lowest BCUT2D eigenvalue weighted by molar-refractivity contribution is 0.324. The highest BCUT2D eigenvalue weighted by atomic mass is 35.5. The Morgan fingerprint density at radius 2 is 1.52 bits per heavy atom. The highest BCUT2D eigenvalue weighted by Crippen LogP contribution is 2.39. The summed E-state index contributed by atoms with van der Waals surface area (Å²) in [5, 5.41) is 0.534. The highest BCUT2D eigenvalue weighted by molar-refractivity contribution is 6.30. The lowest BCUT2D eigenvalue weighted by Crippen LogP contribution is -2.14. The third kappa shape index (κ3) is 3.46. The lowest BCUT2D eigenvalue weighted by atomic mass is 10.1. The number of benzene rings is 2. The smallest absolute Gasteiger partial charge is 0.330 e. The minimum atomic E-state index is -0.332. The van der Waals surface area contributed by atoms with E-state index in [-0.39, 0.29) is 5.69 Å². The first kappa shape index (κ1) is 18.7. The Morgan fingerprint density at radius 3 is 2.07 bits per heavy atom. The van der Waals surface area contributed by atoms with Gasteiger partial charge in [0.25, 0.3) is 0 Å². The average molecular weight is 391 g/mol. The van der Waals surface area contributed by atoms with Crippen LogP contribution in [0, 0.1) is 0 Å². The maximum atomic E-state index is 12.6.